The number of halogens is 2. The van der Waals surface area contributed by atoms with Crippen LogP contribution in [0.2, 0.25) is 5.02 Å². The van der Waals surface area contributed by atoms with Crippen molar-refractivity contribution in [3.05, 3.63) is 74.8 Å². The highest BCUT2D eigenvalue weighted by Gasteiger charge is 2.35. The van der Waals surface area contributed by atoms with Crippen LogP contribution in [0.1, 0.15) is 23.5 Å². The lowest BCUT2D eigenvalue weighted by molar-refractivity contribution is -0.123. The number of carbonyl (C=O) groups is 2. The van der Waals surface area contributed by atoms with Crippen molar-refractivity contribution in [2.75, 3.05) is 16.0 Å². The molecular formula is C21H17ClFN5O3. The maximum absolute atomic E-state index is 14.1. The number of nitrogens with one attached hydrogen (secondary N) is 4. The summed E-state index contributed by atoms with van der Waals surface area (Å²) in [6, 6.07) is 11.1. The summed E-state index contributed by atoms with van der Waals surface area (Å²) in [6.45, 7) is 1.72. The van der Waals surface area contributed by atoms with E-state index < -0.39 is 29.1 Å². The van der Waals surface area contributed by atoms with Crippen LogP contribution >= 0.6 is 11.6 Å². The number of nitrogens with zero attached hydrogens (tertiary/aromatic N) is 1. The number of benzene rings is 2. The monoisotopic (exact) mass is 441 g/mol. The van der Waals surface area contributed by atoms with Gasteiger partial charge in [-0.15, -0.1) is 0 Å². The topological polar surface area (TPSA) is 116 Å². The molecule has 0 saturated carbocycles. The number of fused-ring (bicyclic) bond motifs is 1. The summed E-state index contributed by atoms with van der Waals surface area (Å²) < 4.78 is 14.1. The zero-order valence-corrected chi connectivity index (χ0v) is 17.0. The molecule has 0 saturated heterocycles. The van der Waals surface area contributed by atoms with E-state index in [1.807, 2.05) is 0 Å². The van der Waals surface area contributed by atoms with Crippen LogP contribution in [0, 0.1) is 12.7 Å². The predicted molar refractivity (Wildman–Crippen MR) is 115 cm³/mol. The molecule has 10 heteroatoms. The molecule has 2 heterocycles. The number of aromatic amines is 1. The van der Waals surface area contributed by atoms with Gasteiger partial charge in [-0.25, -0.2) is 4.39 Å². The quantitative estimate of drug-likeness (QED) is 0.493. The average molecular weight is 442 g/mol. The Balaban J connectivity index is 1.65. The third kappa shape index (κ3) is 4.41. The molecule has 0 unspecified atom stereocenters. The van der Waals surface area contributed by atoms with Crippen LogP contribution in [-0.2, 0) is 9.59 Å². The molecular weight excluding hydrogens is 425 g/mol. The van der Waals surface area contributed by atoms with Crippen molar-refractivity contribution >= 4 is 46.6 Å². The molecule has 0 aliphatic carbocycles. The molecule has 158 valence electrons. The Labute approximate surface area is 180 Å². The number of hydrogen-bond donors (Lipinski definition) is 4. The largest absolute Gasteiger partial charge is 0.326 e. The highest BCUT2D eigenvalue weighted by Crippen LogP contribution is 2.30. The maximum atomic E-state index is 14.1. The second-order valence-corrected chi connectivity index (χ2v) is 7.53. The Morgan fingerprint density at radius 3 is 2.77 bits per heavy atom. The van der Waals surface area contributed by atoms with E-state index in [1.54, 1.807) is 37.3 Å². The van der Waals surface area contributed by atoms with Crippen LogP contribution in [0.15, 0.2) is 47.3 Å². The first kappa shape index (κ1) is 20.5. The second-order valence-electron chi connectivity index (χ2n) is 7.09. The minimum absolute atomic E-state index is 0.00117. The Kier molecular flexibility index (Phi) is 5.43. The first-order valence-corrected chi connectivity index (χ1v) is 9.71. The molecule has 0 bridgehead atoms. The van der Waals surface area contributed by atoms with Gasteiger partial charge in [0.05, 0.1) is 17.2 Å². The molecule has 3 aromatic rings. The molecule has 1 aromatic heterocycles. The van der Waals surface area contributed by atoms with E-state index in [0.717, 1.165) is 0 Å². The van der Waals surface area contributed by atoms with Crippen molar-refractivity contribution in [3.8, 4) is 0 Å². The third-order valence-electron chi connectivity index (χ3n) is 4.74. The minimum atomic E-state index is -1.12. The van der Waals surface area contributed by atoms with Gasteiger partial charge in [0.25, 0.3) is 5.56 Å². The van der Waals surface area contributed by atoms with Crippen molar-refractivity contribution in [2.45, 2.75) is 19.3 Å². The lowest BCUT2D eigenvalue weighted by Gasteiger charge is -2.23. The van der Waals surface area contributed by atoms with E-state index in [-0.39, 0.29) is 29.4 Å². The van der Waals surface area contributed by atoms with Crippen LogP contribution in [-0.4, -0.2) is 21.8 Å². The molecule has 0 radical (unpaired) electrons. The summed E-state index contributed by atoms with van der Waals surface area (Å²) >= 11 is 5.96. The van der Waals surface area contributed by atoms with Crippen molar-refractivity contribution < 1.29 is 14.0 Å². The summed E-state index contributed by atoms with van der Waals surface area (Å²) in [7, 11) is 0. The van der Waals surface area contributed by atoms with E-state index in [9.17, 15) is 18.8 Å². The minimum Gasteiger partial charge on any atom is -0.326 e. The molecule has 2 amide bonds. The third-order valence-corrected chi connectivity index (χ3v) is 4.97. The predicted octanol–water partition coefficient (Wildman–Crippen LogP) is 3.68. The number of aromatic nitrogens is 2. The molecule has 1 aliphatic heterocycles. The van der Waals surface area contributed by atoms with Gasteiger partial charge in [-0.05, 0) is 42.8 Å². The SMILES string of the molecule is Cc1ccc(NC(=O)[C@@H]2CC(=O)Nc3nc(Nc4cccc(Cl)c4)[nH]c(=O)c32)c(F)c1. The first-order valence-electron chi connectivity index (χ1n) is 9.34. The molecule has 2 aromatic carbocycles. The molecule has 0 spiro atoms. The number of carbonyl (C=O) groups excluding carboxylic acids is 2. The summed E-state index contributed by atoms with van der Waals surface area (Å²) in [5.41, 5.74) is 0.632. The molecule has 1 aliphatic rings. The number of rotatable bonds is 4. The number of H-pyrrole nitrogens is 1. The second kappa shape index (κ2) is 8.19. The number of hydrogen-bond acceptors (Lipinski definition) is 5. The standard InChI is InChI=1S/C21H17ClFN5O3/c1-10-5-6-15(14(23)7-10)25-19(30)13-9-16(29)26-18-17(13)20(31)28-21(27-18)24-12-4-2-3-11(22)8-12/h2-8,13H,9H2,1H3,(H,25,30)(H3,24,26,27,28,29,31)/t13-/m1/s1. The van der Waals surface area contributed by atoms with Crippen molar-refractivity contribution in [1.82, 2.24) is 9.97 Å². The molecule has 31 heavy (non-hydrogen) atoms. The van der Waals surface area contributed by atoms with E-state index in [2.05, 4.69) is 25.9 Å². The maximum Gasteiger partial charge on any atom is 0.258 e. The first-order chi connectivity index (χ1) is 14.8. The van der Waals surface area contributed by atoms with E-state index >= 15 is 0 Å². The lowest BCUT2D eigenvalue weighted by Crippen LogP contribution is -2.36. The van der Waals surface area contributed by atoms with E-state index in [0.29, 0.717) is 16.3 Å². The van der Waals surface area contributed by atoms with Gasteiger partial charge >= 0.3 is 0 Å². The summed E-state index contributed by atoms with van der Waals surface area (Å²) in [5.74, 6) is -2.86. The van der Waals surface area contributed by atoms with E-state index in [4.69, 9.17) is 11.6 Å². The highest BCUT2D eigenvalue weighted by atomic mass is 35.5. The summed E-state index contributed by atoms with van der Waals surface area (Å²) in [4.78, 5) is 44.5. The zero-order chi connectivity index (χ0) is 22.1. The fourth-order valence-corrected chi connectivity index (χ4v) is 3.49. The van der Waals surface area contributed by atoms with Crippen LogP contribution in [0.3, 0.4) is 0 Å². The van der Waals surface area contributed by atoms with Crippen LogP contribution in [0.25, 0.3) is 0 Å². The number of aryl methyl sites for hydroxylation is 1. The van der Waals surface area contributed by atoms with Gasteiger partial charge in [0.1, 0.15) is 11.6 Å². The molecule has 8 nitrogen and oxygen atoms in total. The van der Waals surface area contributed by atoms with Gasteiger partial charge in [-0.1, -0.05) is 23.7 Å². The van der Waals surface area contributed by atoms with Gasteiger partial charge in [0, 0.05) is 17.1 Å². The Morgan fingerprint density at radius 2 is 2.03 bits per heavy atom. The summed E-state index contributed by atoms with van der Waals surface area (Å²) in [5, 5.41) is 8.35. The lowest BCUT2D eigenvalue weighted by atomic mass is 9.92. The molecule has 4 rings (SSSR count). The van der Waals surface area contributed by atoms with Gasteiger partial charge in [-0.3, -0.25) is 19.4 Å². The Hall–Kier alpha value is -3.72. The van der Waals surface area contributed by atoms with Crippen molar-refractivity contribution in [2.24, 2.45) is 0 Å². The fourth-order valence-electron chi connectivity index (χ4n) is 3.30. The van der Waals surface area contributed by atoms with Gasteiger partial charge in [0.15, 0.2) is 0 Å². The Morgan fingerprint density at radius 1 is 1.23 bits per heavy atom. The zero-order valence-electron chi connectivity index (χ0n) is 16.3. The van der Waals surface area contributed by atoms with Crippen LogP contribution in [0.4, 0.5) is 27.5 Å². The summed E-state index contributed by atoms with van der Waals surface area (Å²) in [6.07, 6.45) is -0.266. The Bertz CT molecular complexity index is 1260. The number of amides is 2. The van der Waals surface area contributed by atoms with Gasteiger partial charge in [-0.2, -0.15) is 4.98 Å². The molecule has 4 N–H and O–H groups in total. The molecule has 1 atom stereocenters. The van der Waals surface area contributed by atoms with E-state index in [1.165, 1.54) is 12.1 Å². The smallest absolute Gasteiger partial charge is 0.258 e. The fraction of sp³-hybridized carbons (Fsp3) is 0.143. The van der Waals surface area contributed by atoms with Crippen LogP contribution in [0.5, 0.6) is 0 Å². The normalized spacial score (nSPS) is 15.1. The average Bonchev–Trinajstić information content (AvgIpc) is 2.69. The highest BCUT2D eigenvalue weighted by molar-refractivity contribution is 6.30. The van der Waals surface area contributed by atoms with Gasteiger partial charge < -0.3 is 16.0 Å². The van der Waals surface area contributed by atoms with Crippen LogP contribution < -0.4 is 21.5 Å². The van der Waals surface area contributed by atoms with Gasteiger partial charge in [0.2, 0.25) is 17.8 Å². The molecule has 0 fully saturated rings. The number of anilines is 4. The van der Waals surface area contributed by atoms with Crippen molar-refractivity contribution in [1.29, 1.82) is 0 Å². The van der Waals surface area contributed by atoms with Crippen molar-refractivity contribution in [3.63, 3.8) is 0 Å².